The number of carbonyl (C=O) groups excluding carboxylic acids is 1. The Labute approximate surface area is 209 Å². The lowest BCUT2D eigenvalue weighted by Gasteiger charge is -2.30. The van der Waals surface area contributed by atoms with Gasteiger partial charge in [0.1, 0.15) is 6.04 Å². The average molecular weight is 482 g/mol. The zero-order valence-electron chi connectivity index (χ0n) is 20.6. The van der Waals surface area contributed by atoms with E-state index in [-0.39, 0.29) is 5.91 Å². The van der Waals surface area contributed by atoms with E-state index >= 15 is 0 Å². The third kappa shape index (κ3) is 4.07. The van der Waals surface area contributed by atoms with Crippen molar-refractivity contribution in [2.45, 2.75) is 19.9 Å². The Kier molecular flexibility index (Phi) is 6.16. The second kappa shape index (κ2) is 9.58. The Bertz CT molecular complexity index is 1460. The molecule has 1 aliphatic rings. The number of benzene rings is 3. The number of carbonyl (C=O) groups is 1. The lowest BCUT2D eigenvalue weighted by molar-refractivity contribution is -0.113. The largest absolute Gasteiger partial charge is 0.493 e. The van der Waals surface area contributed by atoms with Gasteiger partial charge in [-0.15, -0.1) is 5.10 Å². The fraction of sp³-hybridized carbons (Fsp3) is 0.179. The zero-order chi connectivity index (χ0) is 25.2. The number of amides is 1. The summed E-state index contributed by atoms with van der Waals surface area (Å²) in [6.07, 6.45) is 0. The predicted molar refractivity (Wildman–Crippen MR) is 139 cm³/mol. The molecule has 2 N–H and O–H groups in total. The van der Waals surface area contributed by atoms with Gasteiger partial charge in [0.05, 0.1) is 19.8 Å². The maximum absolute atomic E-state index is 13.7. The van der Waals surface area contributed by atoms with E-state index in [9.17, 15) is 4.79 Å². The molecule has 0 saturated carbocycles. The number of hydrogen-bond donors (Lipinski definition) is 2. The van der Waals surface area contributed by atoms with Crippen molar-refractivity contribution in [3.05, 3.63) is 95.2 Å². The monoisotopic (exact) mass is 481 g/mol. The van der Waals surface area contributed by atoms with E-state index in [0.29, 0.717) is 40.2 Å². The average Bonchev–Trinajstić information content (AvgIpc) is 3.31. The van der Waals surface area contributed by atoms with Gasteiger partial charge in [-0.1, -0.05) is 54.6 Å². The summed E-state index contributed by atoms with van der Waals surface area (Å²) in [6, 6.07) is 22.3. The molecule has 1 aromatic heterocycles. The van der Waals surface area contributed by atoms with Gasteiger partial charge in [0.15, 0.2) is 17.3 Å². The van der Waals surface area contributed by atoms with Crippen molar-refractivity contribution >= 4 is 17.5 Å². The van der Waals surface area contributed by atoms with Crippen LogP contribution in [0.25, 0.3) is 11.4 Å². The van der Waals surface area contributed by atoms with Crippen molar-refractivity contribution < 1.29 is 14.3 Å². The summed E-state index contributed by atoms with van der Waals surface area (Å²) < 4.78 is 13.1. The molecular formula is C28H27N5O3. The molecule has 0 aliphatic carbocycles. The number of para-hydroxylation sites is 2. The molecule has 4 aromatic rings. The zero-order valence-corrected chi connectivity index (χ0v) is 20.6. The minimum absolute atomic E-state index is 0.250. The lowest BCUT2D eigenvalue weighted by atomic mass is 9.94. The van der Waals surface area contributed by atoms with Crippen LogP contribution in [0.4, 0.5) is 11.6 Å². The van der Waals surface area contributed by atoms with Crippen molar-refractivity contribution in [1.82, 2.24) is 14.8 Å². The highest BCUT2D eigenvalue weighted by molar-refractivity contribution is 6.06. The molecule has 5 rings (SSSR count). The summed E-state index contributed by atoms with van der Waals surface area (Å²) in [4.78, 5) is 18.5. The molecule has 36 heavy (non-hydrogen) atoms. The number of nitrogens with one attached hydrogen (secondary N) is 2. The fourth-order valence-electron chi connectivity index (χ4n) is 4.52. The van der Waals surface area contributed by atoms with Gasteiger partial charge >= 0.3 is 0 Å². The van der Waals surface area contributed by atoms with E-state index in [1.807, 2.05) is 86.6 Å². The molecule has 0 bridgehead atoms. The maximum atomic E-state index is 13.7. The highest BCUT2D eigenvalue weighted by atomic mass is 16.5. The number of rotatable bonds is 6. The van der Waals surface area contributed by atoms with Crippen LogP contribution in [0, 0.1) is 6.92 Å². The number of aryl methyl sites for hydroxylation is 1. The molecule has 8 heteroatoms. The van der Waals surface area contributed by atoms with Crippen molar-refractivity contribution in [3.8, 4) is 22.9 Å². The SMILES string of the molecule is COc1cccc(C2C(C(=O)Nc3ccccc3)=C(C)Nc3nc(-c4ccccc4C)nn32)c1OC. The van der Waals surface area contributed by atoms with Gasteiger partial charge in [0.2, 0.25) is 5.95 Å². The third-order valence-electron chi connectivity index (χ3n) is 6.24. The predicted octanol–water partition coefficient (Wildman–Crippen LogP) is 5.20. The molecule has 0 radical (unpaired) electrons. The summed E-state index contributed by atoms with van der Waals surface area (Å²) in [5, 5.41) is 11.2. The first kappa shape index (κ1) is 23.2. The van der Waals surface area contributed by atoms with Gasteiger partial charge < -0.3 is 20.1 Å². The molecule has 0 fully saturated rings. The van der Waals surface area contributed by atoms with E-state index in [1.54, 1.807) is 18.9 Å². The second-order valence-electron chi connectivity index (χ2n) is 8.49. The van der Waals surface area contributed by atoms with Crippen LogP contribution in [0.3, 0.4) is 0 Å². The fourth-order valence-corrected chi connectivity index (χ4v) is 4.52. The molecule has 1 amide bonds. The van der Waals surface area contributed by atoms with Crippen LogP contribution in [0.1, 0.15) is 24.1 Å². The van der Waals surface area contributed by atoms with Crippen LogP contribution in [0.5, 0.6) is 11.5 Å². The normalized spacial score (nSPS) is 14.6. The van der Waals surface area contributed by atoms with E-state index in [2.05, 4.69) is 10.6 Å². The van der Waals surface area contributed by atoms with E-state index in [0.717, 1.165) is 16.7 Å². The molecule has 1 atom stereocenters. The van der Waals surface area contributed by atoms with E-state index < -0.39 is 6.04 Å². The van der Waals surface area contributed by atoms with Gasteiger partial charge in [-0.2, -0.15) is 4.98 Å². The number of nitrogens with zero attached hydrogens (tertiary/aromatic N) is 3. The number of hydrogen-bond acceptors (Lipinski definition) is 6. The van der Waals surface area contributed by atoms with Crippen LogP contribution in [0.15, 0.2) is 84.1 Å². The molecule has 3 aromatic carbocycles. The molecule has 182 valence electrons. The van der Waals surface area contributed by atoms with Crippen molar-refractivity contribution in [2.75, 3.05) is 24.9 Å². The molecule has 1 aliphatic heterocycles. The molecule has 0 spiro atoms. The van der Waals surface area contributed by atoms with Crippen LogP contribution in [-0.2, 0) is 4.79 Å². The third-order valence-corrected chi connectivity index (χ3v) is 6.24. The minimum Gasteiger partial charge on any atom is -0.493 e. The lowest BCUT2D eigenvalue weighted by Crippen LogP contribution is -2.31. The van der Waals surface area contributed by atoms with Gasteiger partial charge in [0, 0.05) is 22.5 Å². The highest BCUT2D eigenvalue weighted by Gasteiger charge is 2.37. The molecule has 2 heterocycles. The second-order valence-corrected chi connectivity index (χ2v) is 8.49. The van der Waals surface area contributed by atoms with E-state index in [1.165, 1.54) is 0 Å². The summed E-state index contributed by atoms with van der Waals surface area (Å²) in [6.45, 7) is 3.89. The summed E-state index contributed by atoms with van der Waals surface area (Å²) in [5.41, 5.74) is 4.59. The molecule has 0 saturated heterocycles. The molecular weight excluding hydrogens is 454 g/mol. The van der Waals surface area contributed by atoms with Crippen LogP contribution in [0.2, 0.25) is 0 Å². The molecule has 1 unspecified atom stereocenters. The topological polar surface area (TPSA) is 90.3 Å². The Morgan fingerprint density at radius 3 is 2.42 bits per heavy atom. The number of methoxy groups -OCH3 is 2. The number of fused-ring (bicyclic) bond motifs is 1. The standard InChI is InChI=1S/C28H27N5O3/c1-17-11-8-9-14-20(17)26-31-28-29-18(2)23(27(34)30-19-12-6-5-7-13-19)24(33(28)32-26)21-15-10-16-22(35-3)25(21)36-4/h5-16,24H,1-4H3,(H,30,34)(H,29,31,32). The quantitative estimate of drug-likeness (QED) is 0.394. The summed E-state index contributed by atoms with van der Waals surface area (Å²) in [5.74, 6) is 1.95. The Hall–Kier alpha value is -4.59. The number of allylic oxidation sites excluding steroid dienone is 1. The van der Waals surface area contributed by atoms with Gasteiger partial charge in [-0.3, -0.25) is 4.79 Å². The number of ether oxygens (including phenoxy) is 2. The van der Waals surface area contributed by atoms with E-state index in [4.69, 9.17) is 19.6 Å². The first-order valence-electron chi connectivity index (χ1n) is 11.6. The van der Waals surface area contributed by atoms with Crippen LogP contribution < -0.4 is 20.1 Å². The van der Waals surface area contributed by atoms with Gasteiger partial charge in [-0.05, 0) is 37.6 Å². The number of aromatic nitrogens is 3. The van der Waals surface area contributed by atoms with Gasteiger partial charge in [0.25, 0.3) is 5.91 Å². The van der Waals surface area contributed by atoms with Crippen molar-refractivity contribution in [3.63, 3.8) is 0 Å². The Balaban J connectivity index is 1.68. The number of anilines is 2. The Morgan fingerprint density at radius 2 is 1.69 bits per heavy atom. The maximum Gasteiger partial charge on any atom is 0.255 e. The van der Waals surface area contributed by atoms with Crippen molar-refractivity contribution in [2.24, 2.45) is 0 Å². The Morgan fingerprint density at radius 1 is 0.944 bits per heavy atom. The smallest absolute Gasteiger partial charge is 0.255 e. The first-order valence-corrected chi connectivity index (χ1v) is 11.6. The summed E-state index contributed by atoms with van der Waals surface area (Å²) in [7, 11) is 3.18. The minimum atomic E-state index is -0.611. The van der Waals surface area contributed by atoms with Crippen molar-refractivity contribution in [1.29, 1.82) is 0 Å². The molecule has 8 nitrogen and oxygen atoms in total. The first-order chi connectivity index (χ1) is 17.5. The highest BCUT2D eigenvalue weighted by Crippen LogP contribution is 2.43. The van der Waals surface area contributed by atoms with Crippen LogP contribution >= 0.6 is 0 Å². The summed E-state index contributed by atoms with van der Waals surface area (Å²) >= 11 is 0. The van der Waals surface area contributed by atoms with Crippen LogP contribution in [-0.4, -0.2) is 34.9 Å². The van der Waals surface area contributed by atoms with Gasteiger partial charge in [-0.25, -0.2) is 4.68 Å².